The van der Waals surface area contributed by atoms with Gasteiger partial charge in [-0.2, -0.15) is 0 Å². The van der Waals surface area contributed by atoms with E-state index in [0.717, 1.165) is 0 Å². The summed E-state index contributed by atoms with van der Waals surface area (Å²) in [7, 11) is 0. The summed E-state index contributed by atoms with van der Waals surface area (Å²) in [6, 6.07) is 1.28. The Morgan fingerprint density at radius 3 is 2.44 bits per heavy atom. The number of carbonyl (C=O) groups is 1. The molecule has 0 heterocycles. The second-order valence-electron chi connectivity index (χ2n) is 2.84. The highest BCUT2D eigenvalue weighted by Gasteiger charge is 2.17. The van der Waals surface area contributed by atoms with Gasteiger partial charge in [-0.15, -0.1) is 0 Å². The van der Waals surface area contributed by atoms with Crippen molar-refractivity contribution in [1.29, 1.82) is 0 Å². The topological polar surface area (TPSA) is 37.3 Å². The first-order valence-corrected chi connectivity index (χ1v) is 4.10. The number of rotatable bonds is 3. The van der Waals surface area contributed by atoms with Gasteiger partial charge in [-0.25, -0.2) is 22.4 Å². The molecule has 0 unspecified atom stereocenters. The Hall–Kier alpha value is -1.85. The average Bonchev–Trinajstić information content (AvgIpc) is 2.19. The van der Waals surface area contributed by atoms with E-state index < -0.39 is 35.2 Å². The van der Waals surface area contributed by atoms with Crippen LogP contribution < -0.4 is 0 Å². The monoisotopic (exact) mass is 234 g/mol. The minimum Gasteiger partial charge on any atom is -0.478 e. The van der Waals surface area contributed by atoms with Crippen LogP contribution in [0.4, 0.5) is 17.6 Å². The first-order valence-electron chi connectivity index (χ1n) is 4.10. The number of carboxylic acids is 1. The van der Waals surface area contributed by atoms with Crippen molar-refractivity contribution in [3.63, 3.8) is 0 Å². The molecule has 6 heteroatoms. The highest BCUT2D eigenvalue weighted by Crippen LogP contribution is 2.27. The van der Waals surface area contributed by atoms with Gasteiger partial charge >= 0.3 is 5.97 Å². The summed E-state index contributed by atoms with van der Waals surface area (Å²) < 4.78 is 50.7. The molecule has 86 valence electrons. The zero-order valence-corrected chi connectivity index (χ0v) is 7.75. The van der Waals surface area contributed by atoms with Crippen LogP contribution in [-0.2, 0) is 4.79 Å². The van der Waals surface area contributed by atoms with Gasteiger partial charge in [-0.05, 0) is 18.2 Å². The first kappa shape index (κ1) is 12.2. The van der Waals surface area contributed by atoms with E-state index in [1.165, 1.54) is 0 Å². The largest absolute Gasteiger partial charge is 0.478 e. The molecule has 0 radical (unpaired) electrons. The standard InChI is InChI=1S/C10H6F4O2/c11-7-3-1-6(10(13)14)5(9(7)12)2-4-8(15)16/h1-4,10H,(H,15,16)/b4-2+. The molecule has 1 rings (SSSR count). The molecule has 0 aliphatic carbocycles. The van der Waals surface area contributed by atoms with Gasteiger partial charge in [-0.3, -0.25) is 0 Å². The van der Waals surface area contributed by atoms with Crippen molar-refractivity contribution in [2.45, 2.75) is 6.43 Å². The fraction of sp³-hybridized carbons (Fsp3) is 0.100. The molecule has 1 aromatic rings. The zero-order chi connectivity index (χ0) is 12.3. The molecule has 0 atom stereocenters. The Bertz CT molecular complexity index is 441. The van der Waals surface area contributed by atoms with Crippen LogP contribution in [0.2, 0.25) is 0 Å². The lowest BCUT2D eigenvalue weighted by molar-refractivity contribution is -0.131. The Morgan fingerprint density at radius 2 is 1.94 bits per heavy atom. The van der Waals surface area contributed by atoms with Crippen LogP contribution in [0.25, 0.3) is 6.08 Å². The summed E-state index contributed by atoms with van der Waals surface area (Å²) in [5.41, 5.74) is -1.51. The number of halogens is 4. The van der Waals surface area contributed by atoms with Crippen molar-refractivity contribution in [2.75, 3.05) is 0 Å². The molecule has 0 fully saturated rings. The summed E-state index contributed by atoms with van der Waals surface area (Å²) in [5, 5.41) is 8.27. The number of aliphatic carboxylic acids is 1. The molecule has 16 heavy (non-hydrogen) atoms. The molecule has 0 aromatic heterocycles. The highest BCUT2D eigenvalue weighted by atomic mass is 19.3. The van der Waals surface area contributed by atoms with Gasteiger partial charge in [0.2, 0.25) is 0 Å². The lowest BCUT2D eigenvalue weighted by Gasteiger charge is -2.06. The molecule has 1 aromatic carbocycles. The molecule has 0 saturated carbocycles. The second kappa shape index (κ2) is 4.78. The summed E-state index contributed by atoms with van der Waals surface area (Å²) in [5.74, 6) is -4.24. The highest BCUT2D eigenvalue weighted by molar-refractivity contribution is 5.85. The predicted molar refractivity (Wildman–Crippen MR) is 48.0 cm³/mol. The maximum Gasteiger partial charge on any atom is 0.328 e. The lowest BCUT2D eigenvalue weighted by Crippen LogP contribution is -1.98. The number of benzene rings is 1. The minimum atomic E-state index is -3.01. The van der Waals surface area contributed by atoms with Crippen LogP contribution in [0.5, 0.6) is 0 Å². The van der Waals surface area contributed by atoms with Crippen molar-refractivity contribution in [3.8, 4) is 0 Å². The number of alkyl halides is 2. The normalized spacial score (nSPS) is 11.3. The van der Waals surface area contributed by atoms with Gasteiger partial charge in [0.25, 0.3) is 6.43 Å². The molecule has 0 aliphatic heterocycles. The minimum absolute atomic E-state index is 0.462. The van der Waals surface area contributed by atoms with Crippen molar-refractivity contribution < 1.29 is 27.5 Å². The first-order chi connectivity index (χ1) is 7.43. The predicted octanol–water partition coefficient (Wildman–Crippen LogP) is 3.00. The Balaban J connectivity index is 3.31. The third-order valence-electron chi connectivity index (χ3n) is 1.79. The molecule has 2 nitrogen and oxygen atoms in total. The van der Waals surface area contributed by atoms with E-state index in [4.69, 9.17) is 5.11 Å². The Kier molecular flexibility index (Phi) is 3.65. The van der Waals surface area contributed by atoms with Crippen molar-refractivity contribution in [3.05, 3.63) is 41.0 Å². The van der Waals surface area contributed by atoms with Crippen LogP contribution in [0.1, 0.15) is 17.6 Å². The van der Waals surface area contributed by atoms with Crippen LogP contribution in [-0.4, -0.2) is 11.1 Å². The maximum absolute atomic E-state index is 13.1. The van der Waals surface area contributed by atoms with Crippen molar-refractivity contribution >= 4 is 12.0 Å². The fourth-order valence-electron chi connectivity index (χ4n) is 1.10. The van der Waals surface area contributed by atoms with Gasteiger partial charge in [0, 0.05) is 17.2 Å². The molecular weight excluding hydrogens is 228 g/mol. The van der Waals surface area contributed by atoms with Gasteiger partial charge in [0.15, 0.2) is 11.6 Å². The van der Waals surface area contributed by atoms with E-state index in [0.29, 0.717) is 24.3 Å². The fourth-order valence-corrected chi connectivity index (χ4v) is 1.10. The number of hydrogen-bond donors (Lipinski definition) is 1. The van der Waals surface area contributed by atoms with E-state index in [1.54, 1.807) is 0 Å². The van der Waals surface area contributed by atoms with Gasteiger partial charge in [0.1, 0.15) is 0 Å². The molecule has 0 spiro atoms. The van der Waals surface area contributed by atoms with Crippen LogP contribution in [0.3, 0.4) is 0 Å². The summed E-state index contributed by atoms with van der Waals surface area (Å²) >= 11 is 0. The van der Waals surface area contributed by atoms with Crippen molar-refractivity contribution in [1.82, 2.24) is 0 Å². The zero-order valence-electron chi connectivity index (χ0n) is 7.75. The third kappa shape index (κ3) is 2.59. The second-order valence-corrected chi connectivity index (χ2v) is 2.84. The van der Waals surface area contributed by atoms with Crippen molar-refractivity contribution in [2.24, 2.45) is 0 Å². The van der Waals surface area contributed by atoms with E-state index in [1.807, 2.05) is 0 Å². The third-order valence-corrected chi connectivity index (χ3v) is 1.79. The molecule has 1 N–H and O–H groups in total. The van der Waals surface area contributed by atoms with Crippen LogP contribution >= 0.6 is 0 Å². The van der Waals surface area contributed by atoms with Gasteiger partial charge < -0.3 is 5.11 Å². The van der Waals surface area contributed by atoms with E-state index in [9.17, 15) is 22.4 Å². The van der Waals surface area contributed by atoms with Crippen LogP contribution in [0, 0.1) is 11.6 Å². The maximum atomic E-state index is 13.1. The molecule has 0 saturated heterocycles. The molecule has 0 amide bonds. The SMILES string of the molecule is O=C(O)/C=C/c1c(C(F)F)ccc(F)c1F. The molecule has 0 bridgehead atoms. The summed E-state index contributed by atoms with van der Waals surface area (Å²) in [4.78, 5) is 10.2. The number of carboxylic acid groups (broad SMARTS) is 1. The smallest absolute Gasteiger partial charge is 0.328 e. The lowest BCUT2D eigenvalue weighted by atomic mass is 10.1. The quantitative estimate of drug-likeness (QED) is 0.644. The van der Waals surface area contributed by atoms with Crippen LogP contribution in [0.15, 0.2) is 18.2 Å². The van der Waals surface area contributed by atoms with E-state index >= 15 is 0 Å². The summed E-state index contributed by atoms with van der Waals surface area (Å²) in [6.07, 6.45) is -1.95. The summed E-state index contributed by atoms with van der Waals surface area (Å²) in [6.45, 7) is 0. The van der Waals surface area contributed by atoms with Gasteiger partial charge in [-0.1, -0.05) is 0 Å². The van der Waals surface area contributed by atoms with E-state index in [-0.39, 0.29) is 0 Å². The number of hydrogen-bond acceptors (Lipinski definition) is 1. The van der Waals surface area contributed by atoms with Gasteiger partial charge in [0.05, 0.1) is 0 Å². The Morgan fingerprint density at radius 1 is 1.31 bits per heavy atom. The molecular formula is C10H6F4O2. The van der Waals surface area contributed by atoms with E-state index in [2.05, 4.69) is 0 Å². The Labute approximate surface area is 87.8 Å². The average molecular weight is 234 g/mol. The molecule has 0 aliphatic rings.